The molecule has 2 N–H and O–H groups in total. The van der Waals surface area contributed by atoms with Crippen molar-refractivity contribution >= 4 is 28.8 Å². The van der Waals surface area contributed by atoms with Gasteiger partial charge < -0.3 is 10.0 Å². The van der Waals surface area contributed by atoms with Crippen LogP contribution in [0.5, 0.6) is 0 Å². The van der Waals surface area contributed by atoms with Gasteiger partial charge in [0, 0.05) is 36.6 Å². The Balaban J connectivity index is 1.49. The van der Waals surface area contributed by atoms with Gasteiger partial charge in [-0.25, -0.2) is 9.37 Å². The molecule has 1 unspecified atom stereocenters. The van der Waals surface area contributed by atoms with Crippen LogP contribution in [0.3, 0.4) is 0 Å². The molecule has 1 amide bonds. The lowest BCUT2D eigenvalue weighted by atomic mass is 10.1. The minimum absolute atomic E-state index is 0.0558. The number of rotatable bonds is 4. The van der Waals surface area contributed by atoms with Crippen LogP contribution < -0.4 is 4.90 Å². The van der Waals surface area contributed by atoms with E-state index in [9.17, 15) is 27.5 Å². The van der Waals surface area contributed by atoms with Crippen LogP contribution >= 0.6 is 11.6 Å². The van der Waals surface area contributed by atoms with Gasteiger partial charge >= 0.3 is 6.18 Å². The molecule has 3 aromatic heterocycles. The number of para-hydroxylation sites is 1. The highest BCUT2D eigenvalue weighted by molar-refractivity contribution is 6.30. The number of nitrogens with one attached hydrogen (secondary N) is 1. The first-order chi connectivity index (χ1) is 16.6. The maximum Gasteiger partial charge on any atom is 0.420 e. The number of anilines is 1. The number of amides is 1. The number of aromatic amines is 1. The molecule has 0 saturated carbocycles. The van der Waals surface area contributed by atoms with Crippen molar-refractivity contribution in [3.63, 3.8) is 0 Å². The van der Waals surface area contributed by atoms with E-state index in [1.54, 1.807) is 6.07 Å². The molecule has 0 radical (unpaired) electrons. The van der Waals surface area contributed by atoms with Crippen LogP contribution in [0.25, 0.3) is 16.8 Å². The van der Waals surface area contributed by atoms with Gasteiger partial charge in [-0.3, -0.25) is 19.2 Å². The number of carbonyl (C=O) groups is 1. The fraction of sp³-hybridized carbons (Fsp3) is 0.227. The molecule has 1 aliphatic rings. The normalized spacial score (nSPS) is 16.3. The molecular formula is C22H17ClF4N6O2. The Labute approximate surface area is 200 Å². The van der Waals surface area contributed by atoms with Crippen LogP contribution in [0.4, 0.5) is 23.2 Å². The molecule has 0 spiro atoms. The number of piperazine rings is 1. The quantitative estimate of drug-likeness (QED) is 0.408. The van der Waals surface area contributed by atoms with E-state index in [0.29, 0.717) is 5.56 Å². The number of hydrogen-bond donors (Lipinski definition) is 2. The van der Waals surface area contributed by atoms with Crippen LogP contribution in [-0.2, 0) is 11.0 Å². The van der Waals surface area contributed by atoms with Crippen LogP contribution in [0.1, 0.15) is 17.5 Å². The molecule has 0 aliphatic carbocycles. The molecule has 1 fully saturated rings. The monoisotopic (exact) mass is 508 g/mol. The average Bonchev–Trinajstić information content (AvgIpc) is 3.47. The van der Waals surface area contributed by atoms with Crippen molar-refractivity contribution in [2.75, 3.05) is 24.5 Å². The summed E-state index contributed by atoms with van der Waals surface area (Å²) in [6.45, 7) is -0.149. The first kappa shape index (κ1) is 23.3. The number of carbonyl (C=O) groups excluding carboxylic acids is 1. The lowest BCUT2D eigenvalue weighted by molar-refractivity contribution is -0.136. The predicted octanol–water partition coefficient (Wildman–Crippen LogP) is 3.88. The van der Waals surface area contributed by atoms with E-state index >= 15 is 0 Å². The summed E-state index contributed by atoms with van der Waals surface area (Å²) in [6, 6.07) is 6.72. The van der Waals surface area contributed by atoms with Crippen molar-refractivity contribution in [2.24, 2.45) is 0 Å². The highest BCUT2D eigenvalue weighted by Crippen LogP contribution is 2.38. The molecule has 0 bridgehead atoms. The van der Waals surface area contributed by atoms with Crippen molar-refractivity contribution in [1.82, 2.24) is 24.5 Å². The third kappa shape index (κ3) is 4.13. The van der Waals surface area contributed by atoms with Crippen molar-refractivity contribution < 1.29 is 27.5 Å². The van der Waals surface area contributed by atoms with Crippen molar-refractivity contribution in [3.05, 3.63) is 71.2 Å². The second-order valence-corrected chi connectivity index (χ2v) is 8.31. The molecule has 1 aromatic carbocycles. The Morgan fingerprint density at radius 1 is 1.17 bits per heavy atom. The maximum atomic E-state index is 14.1. The van der Waals surface area contributed by atoms with Gasteiger partial charge in [0.2, 0.25) is 5.91 Å². The molecule has 4 heterocycles. The summed E-state index contributed by atoms with van der Waals surface area (Å²) in [6.07, 6.45) is -2.15. The highest BCUT2D eigenvalue weighted by atomic mass is 35.5. The number of halogens is 5. The summed E-state index contributed by atoms with van der Waals surface area (Å²) >= 11 is 6.39. The smallest absolute Gasteiger partial charge is 0.372 e. The number of aliphatic hydroxyl groups is 1. The number of aliphatic hydroxyl groups excluding tert-OH is 1. The summed E-state index contributed by atoms with van der Waals surface area (Å²) in [7, 11) is 0. The van der Waals surface area contributed by atoms with E-state index in [-0.39, 0.29) is 41.7 Å². The number of pyridine rings is 1. The standard InChI is InChI=1S/C22H17ClF4N6O2/c23-19-18(21(35)31-5-6-32(17(34)11-31)16-4-2-1-3-15(16)24)30-20-14(22(25,26)27)7-12(10-33(19)20)13-8-28-29-9-13/h1-4,7-10,21,35H,5-6,11H2,(H,28,29). The van der Waals surface area contributed by atoms with Crippen molar-refractivity contribution in [2.45, 2.75) is 12.4 Å². The number of benzene rings is 1. The van der Waals surface area contributed by atoms with E-state index in [1.165, 1.54) is 46.6 Å². The largest absolute Gasteiger partial charge is 0.420 e. The van der Waals surface area contributed by atoms with E-state index in [2.05, 4.69) is 15.2 Å². The van der Waals surface area contributed by atoms with Gasteiger partial charge in [0.1, 0.15) is 16.7 Å². The van der Waals surface area contributed by atoms with Crippen LogP contribution in [0, 0.1) is 5.82 Å². The molecular weight excluding hydrogens is 492 g/mol. The summed E-state index contributed by atoms with van der Waals surface area (Å²) in [5.74, 6) is -1.05. The van der Waals surface area contributed by atoms with Crippen LogP contribution in [0.15, 0.2) is 48.9 Å². The molecule has 182 valence electrons. The minimum Gasteiger partial charge on any atom is -0.372 e. The third-order valence-corrected chi connectivity index (χ3v) is 6.18. The van der Waals surface area contributed by atoms with Gasteiger partial charge in [-0.15, -0.1) is 0 Å². The molecule has 35 heavy (non-hydrogen) atoms. The van der Waals surface area contributed by atoms with Gasteiger partial charge in [-0.2, -0.15) is 18.3 Å². The highest BCUT2D eigenvalue weighted by Gasteiger charge is 2.38. The molecule has 1 atom stereocenters. The van der Waals surface area contributed by atoms with Gasteiger partial charge in [0.25, 0.3) is 0 Å². The van der Waals surface area contributed by atoms with E-state index in [0.717, 1.165) is 10.5 Å². The predicted molar refractivity (Wildman–Crippen MR) is 118 cm³/mol. The molecule has 1 saturated heterocycles. The molecule has 8 nitrogen and oxygen atoms in total. The van der Waals surface area contributed by atoms with Crippen molar-refractivity contribution in [3.8, 4) is 11.1 Å². The Morgan fingerprint density at radius 2 is 1.94 bits per heavy atom. The number of hydrogen-bond acceptors (Lipinski definition) is 5. The topological polar surface area (TPSA) is 89.8 Å². The first-order valence-electron chi connectivity index (χ1n) is 10.4. The fourth-order valence-electron chi connectivity index (χ4n) is 4.07. The number of H-pyrrole nitrogens is 1. The van der Waals surface area contributed by atoms with Crippen LogP contribution in [-0.4, -0.2) is 55.1 Å². The molecule has 1 aliphatic heterocycles. The van der Waals surface area contributed by atoms with Gasteiger partial charge in [0.15, 0.2) is 11.9 Å². The number of fused-ring (bicyclic) bond motifs is 1. The fourth-order valence-corrected chi connectivity index (χ4v) is 4.34. The number of nitrogens with zero attached hydrogens (tertiary/aromatic N) is 5. The van der Waals surface area contributed by atoms with E-state index in [1.807, 2.05) is 0 Å². The maximum absolute atomic E-state index is 14.1. The summed E-state index contributed by atoms with van der Waals surface area (Å²) in [5.41, 5.74) is -1.06. The van der Waals surface area contributed by atoms with Crippen molar-refractivity contribution in [1.29, 1.82) is 0 Å². The number of imidazole rings is 1. The summed E-state index contributed by atoms with van der Waals surface area (Å²) in [5, 5.41) is 17.0. The van der Waals surface area contributed by atoms with Gasteiger partial charge in [-0.1, -0.05) is 23.7 Å². The second-order valence-electron chi connectivity index (χ2n) is 7.95. The SMILES string of the molecule is O=C1CN(C(O)c2nc3c(C(F)(F)F)cc(-c4cn[nH]c4)cn3c2Cl)CCN1c1ccccc1F. The Bertz CT molecular complexity index is 1410. The summed E-state index contributed by atoms with van der Waals surface area (Å²) < 4.78 is 56.7. The Kier molecular flexibility index (Phi) is 5.74. The third-order valence-electron chi connectivity index (χ3n) is 5.81. The van der Waals surface area contributed by atoms with E-state index < -0.39 is 35.3 Å². The average molecular weight is 509 g/mol. The zero-order valence-corrected chi connectivity index (χ0v) is 18.6. The number of alkyl halides is 3. The first-order valence-corrected chi connectivity index (χ1v) is 10.8. The van der Waals surface area contributed by atoms with Crippen LogP contribution in [0.2, 0.25) is 5.15 Å². The van der Waals surface area contributed by atoms with Gasteiger partial charge in [0.05, 0.1) is 24.0 Å². The number of aromatic nitrogens is 4. The zero-order chi connectivity index (χ0) is 24.9. The Morgan fingerprint density at radius 3 is 2.60 bits per heavy atom. The summed E-state index contributed by atoms with van der Waals surface area (Å²) in [4.78, 5) is 19.3. The second kappa shape index (κ2) is 8.63. The lowest BCUT2D eigenvalue weighted by Crippen LogP contribution is -2.51. The zero-order valence-electron chi connectivity index (χ0n) is 17.8. The lowest BCUT2D eigenvalue weighted by Gasteiger charge is -2.36. The molecule has 13 heteroatoms. The Hall–Kier alpha value is -3.48. The van der Waals surface area contributed by atoms with Gasteiger partial charge in [-0.05, 0) is 18.2 Å². The molecule has 5 rings (SSSR count). The molecule has 4 aromatic rings. The minimum atomic E-state index is -4.75. The van der Waals surface area contributed by atoms with E-state index in [4.69, 9.17) is 11.6 Å².